The van der Waals surface area contributed by atoms with Gasteiger partial charge >= 0.3 is 0 Å². The fraction of sp³-hybridized carbons (Fsp3) is 0.611. The number of hydrogen-bond donors (Lipinski definition) is 3. The van der Waals surface area contributed by atoms with Crippen molar-refractivity contribution in [3.05, 3.63) is 23.8 Å². The third kappa shape index (κ3) is 2.50. The fourth-order valence-electron chi connectivity index (χ4n) is 4.50. The molecule has 0 amide bonds. The largest absolute Gasteiger partial charge is 0.508 e. The van der Waals surface area contributed by atoms with E-state index in [0.29, 0.717) is 24.8 Å². The summed E-state index contributed by atoms with van der Waals surface area (Å²) >= 11 is 0. The molecule has 0 aromatic heterocycles. The highest BCUT2D eigenvalue weighted by Gasteiger charge is 2.53. The van der Waals surface area contributed by atoms with Crippen molar-refractivity contribution in [2.45, 2.75) is 51.6 Å². The highest BCUT2D eigenvalue weighted by atomic mass is 16.3. The smallest absolute Gasteiger partial charge is 0.136 e. The molecule has 0 aliphatic heterocycles. The topological polar surface area (TPSA) is 77.8 Å². The quantitative estimate of drug-likeness (QED) is 0.750. The van der Waals surface area contributed by atoms with Crippen molar-refractivity contribution >= 4 is 5.78 Å². The van der Waals surface area contributed by atoms with Gasteiger partial charge in [-0.15, -0.1) is 0 Å². The number of carbonyl (C=O) groups excluding carboxylic acids is 1. The number of aliphatic hydroxyl groups excluding tert-OH is 1. The number of aliphatic hydroxyl groups is 1. The van der Waals surface area contributed by atoms with Gasteiger partial charge < -0.3 is 15.3 Å². The summed E-state index contributed by atoms with van der Waals surface area (Å²) in [6, 6.07) is 4.50. The van der Waals surface area contributed by atoms with Gasteiger partial charge in [-0.3, -0.25) is 4.79 Å². The van der Waals surface area contributed by atoms with Gasteiger partial charge in [0.05, 0.1) is 6.10 Å². The van der Waals surface area contributed by atoms with E-state index in [1.165, 1.54) is 12.1 Å². The lowest BCUT2D eigenvalue weighted by atomic mass is 9.62. The molecule has 2 aliphatic rings. The first kappa shape index (κ1) is 15.3. The summed E-state index contributed by atoms with van der Waals surface area (Å²) in [6.07, 6.45) is 3.94. The maximum absolute atomic E-state index is 12.4. The van der Waals surface area contributed by atoms with Crippen molar-refractivity contribution in [1.82, 2.24) is 0 Å². The zero-order chi connectivity index (χ0) is 15.9. The van der Waals surface area contributed by atoms with Crippen molar-refractivity contribution in [1.29, 1.82) is 0 Å². The monoisotopic (exact) mass is 304 g/mol. The molecule has 0 unspecified atom stereocenters. The van der Waals surface area contributed by atoms with Crippen LogP contribution >= 0.6 is 0 Å². The molecule has 1 aromatic rings. The van der Waals surface area contributed by atoms with Crippen molar-refractivity contribution in [3.63, 3.8) is 0 Å². The molecule has 2 saturated carbocycles. The molecule has 4 heteroatoms. The number of ketones is 1. The Kier molecular flexibility index (Phi) is 3.89. The van der Waals surface area contributed by atoms with Crippen LogP contribution in [0.15, 0.2) is 18.2 Å². The molecule has 2 aliphatic carbocycles. The number of rotatable bonds is 3. The first-order valence-electron chi connectivity index (χ1n) is 8.13. The number of phenols is 2. The molecule has 4 nitrogen and oxygen atoms in total. The van der Waals surface area contributed by atoms with Crippen LogP contribution in [0.3, 0.4) is 0 Å². The Labute approximate surface area is 130 Å². The highest BCUT2D eigenvalue weighted by molar-refractivity contribution is 5.82. The third-order valence-electron chi connectivity index (χ3n) is 5.96. The number of carbonyl (C=O) groups is 1. The van der Waals surface area contributed by atoms with Gasteiger partial charge in [0.1, 0.15) is 17.3 Å². The fourth-order valence-corrected chi connectivity index (χ4v) is 4.50. The van der Waals surface area contributed by atoms with Gasteiger partial charge in [0.25, 0.3) is 0 Å². The van der Waals surface area contributed by atoms with Crippen molar-refractivity contribution in [2.24, 2.45) is 17.3 Å². The second kappa shape index (κ2) is 5.58. The number of aromatic hydroxyl groups is 2. The first-order valence-corrected chi connectivity index (χ1v) is 8.13. The second-order valence-electron chi connectivity index (χ2n) is 7.13. The summed E-state index contributed by atoms with van der Waals surface area (Å²) in [7, 11) is 0. The first-order chi connectivity index (χ1) is 10.4. The molecule has 22 heavy (non-hydrogen) atoms. The number of Topliss-reactive ketones (excluding diaryl/α,β-unsaturated/α-hetero) is 1. The molecular formula is C18H24O4. The minimum absolute atomic E-state index is 0.0438. The van der Waals surface area contributed by atoms with Gasteiger partial charge in [0.2, 0.25) is 0 Å². The second-order valence-corrected chi connectivity index (χ2v) is 7.13. The van der Waals surface area contributed by atoms with Crippen molar-refractivity contribution in [2.75, 3.05) is 0 Å². The number of aryl methyl sites for hydroxylation is 1. The van der Waals surface area contributed by atoms with E-state index >= 15 is 0 Å². The lowest BCUT2D eigenvalue weighted by Crippen LogP contribution is -2.43. The minimum Gasteiger partial charge on any atom is -0.508 e. The molecule has 0 spiro atoms. The average molecular weight is 304 g/mol. The molecule has 120 valence electrons. The van der Waals surface area contributed by atoms with Gasteiger partial charge in [0.15, 0.2) is 0 Å². The van der Waals surface area contributed by atoms with Crippen LogP contribution in [0.2, 0.25) is 0 Å². The normalized spacial score (nSPS) is 34.6. The van der Waals surface area contributed by atoms with E-state index in [0.717, 1.165) is 19.3 Å². The minimum atomic E-state index is -0.303. The summed E-state index contributed by atoms with van der Waals surface area (Å²) in [6.45, 7) is 2.11. The highest BCUT2D eigenvalue weighted by Crippen LogP contribution is 2.54. The maximum Gasteiger partial charge on any atom is 0.136 e. The van der Waals surface area contributed by atoms with Crippen LogP contribution in [-0.4, -0.2) is 27.2 Å². The molecule has 3 N–H and O–H groups in total. The summed E-state index contributed by atoms with van der Waals surface area (Å²) in [5.74, 6) is 0.774. The SMILES string of the molecule is C[C@]12CCC(=O)[C@@H](CCc3cc(O)ccc3O)[C@@H]1CC[C@@H]2O. The van der Waals surface area contributed by atoms with E-state index in [2.05, 4.69) is 6.92 Å². The molecule has 0 saturated heterocycles. The summed E-state index contributed by atoms with van der Waals surface area (Å²) in [5.41, 5.74) is 0.540. The summed E-state index contributed by atoms with van der Waals surface area (Å²) in [5, 5.41) is 29.7. The lowest BCUT2D eigenvalue weighted by molar-refractivity contribution is -0.133. The van der Waals surface area contributed by atoms with Gasteiger partial charge in [-0.2, -0.15) is 0 Å². The van der Waals surface area contributed by atoms with E-state index in [9.17, 15) is 20.1 Å². The number of benzene rings is 1. The van der Waals surface area contributed by atoms with Gasteiger partial charge in [0, 0.05) is 12.3 Å². The Morgan fingerprint density at radius 3 is 2.82 bits per heavy atom. The number of hydrogen-bond acceptors (Lipinski definition) is 4. The van der Waals surface area contributed by atoms with Crippen LogP contribution in [-0.2, 0) is 11.2 Å². The molecule has 0 bridgehead atoms. The van der Waals surface area contributed by atoms with Gasteiger partial charge in [-0.25, -0.2) is 0 Å². The van der Waals surface area contributed by atoms with Crippen molar-refractivity contribution < 1.29 is 20.1 Å². The predicted molar refractivity (Wildman–Crippen MR) is 82.7 cm³/mol. The van der Waals surface area contributed by atoms with E-state index in [-0.39, 0.29) is 40.6 Å². The molecule has 3 rings (SSSR count). The van der Waals surface area contributed by atoms with E-state index < -0.39 is 0 Å². The third-order valence-corrected chi connectivity index (χ3v) is 5.96. The van der Waals surface area contributed by atoms with Crippen LogP contribution in [0.4, 0.5) is 0 Å². The lowest BCUT2D eigenvalue weighted by Gasteiger charge is -2.42. The Hall–Kier alpha value is -1.55. The molecule has 0 heterocycles. The van der Waals surface area contributed by atoms with E-state index in [1.807, 2.05) is 0 Å². The van der Waals surface area contributed by atoms with Crippen molar-refractivity contribution in [3.8, 4) is 11.5 Å². The average Bonchev–Trinajstić information content (AvgIpc) is 2.78. The van der Waals surface area contributed by atoms with E-state index in [4.69, 9.17) is 0 Å². The Morgan fingerprint density at radius 1 is 1.27 bits per heavy atom. The van der Waals surface area contributed by atoms with Crippen LogP contribution in [0.25, 0.3) is 0 Å². The zero-order valence-electron chi connectivity index (χ0n) is 13.0. The summed E-state index contributed by atoms with van der Waals surface area (Å²) in [4.78, 5) is 12.4. The van der Waals surface area contributed by atoms with Crippen LogP contribution in [0.1, 0.15) is 44.6 Å². The van der Waals surface area contributed by atoms with Crippen LogP contribution in [0, 0.1) is 17.3 Å². The molecule has 2 fully saturated rings. The molecule has 1 aromatic carbocycles. The maximum atomic E-state index is 12.4. The molecule has 0 radical (unpaired) electrons. The van der Waals surface area contributed by atoms with Gasteiger partial charge in [-0.05, 0) is 67.2 Å². The standard InChI is InChI=1S/C18H24O4/c1-18-9-8-16(21)13(14(18)5-7-17(18)22)4-2-11-10-12(19)3-6-15(11)20/h3,6,10,13-14,17,19-20,22H,2,4-5,7-9H2,1H3/t13-,14-,17-,18-/m0/s1. The summed E-state index contributed by atoms with van der Waals surface area (Å²) < 4.78 is 0. The van der Waals surface area contributed by atoms with Crippen LogP contribution in [0.5, 0.6) is 11.5 Å². The zero-order valence-corrected chi connectivity index (χ0v) is 13.0. The van der Waals surface area contributed by atoms with Crippen LogP contribution < -0.4 is 0 Å². The molecule has 4 atom stereocenters. The molecular weight excluding hydrogens is 280 g/mol. The Morgan fingerprint density at radius 2 is 2.05 bits per heavy atom. The van der Waals surface area contributed by atoms with E-state index in [1.54, 1.807) is 6.07 Å². The Balaban J connectivity index is 1.76. The number of phenolic OH excluding ortho intramolecular Hbond substituents is 2. The van der Waals surface area contributed by atoms with Gasteiger partial charge in [-0.1, -0.05) is 6.92 Å². The number of fused-ring (bicyclic) bond motifs is 1. The Bertz CT molecular complexity index is 582. The predicted octanol–water partition coefficient (Wildman–Crippen LogP) is 2.79.